The van der Waals surface area contributed by atoms with Gasteiger partial charge in [-0.25, -0.2) is 4.39 Å². The molecule has 0 unspecified atom stereocenters. The third kappa shape index (κ3) is 1.76. The first kappa shape index (κ1) is 9.51. The van der Waals surface area contributed by atoms with Crippen molar-refractivity contribution in [3.05, 3.63) is 35.9 Å². The van der Waals surface area contributed by atoms with Crippen LogP contribution >= 0.6 is 0 Å². The van der Waals surface area contributed by atoms with Crippen molar-refractivity contribution in [2.75, 3.05) is 0 Å². The Hall–Kier alpha value is -2.04. The van der Waals surface area contributed by atoms with Gasteiger partial charge in [-0.15, -0.1) is 0 Å². The molecule has 0 fully saturated rings. The second-order valence-corrected chi connectivity index (χ2v) is 3.09. The van der Waals surface area contributed by atoms with Crippen molar-refractivity contribution >= 4 is 6.29 Å². The maximum absolute atomic E-state index is 12.6. The summed E-state index contributed by atoms with van der Waals surface area (Å²) < 4.78 is 14.2. The van der Waals surface area contributed by atoms with Crippen LogP contribution in [0.5, 0.6) is 0 Å². The lowest BCUT2D eigenvalue weighted by Gasteiger charge is -1.95. The molecule has 2 heterocycles. The van der Waals surface area contributed by atoms with Crippen LogP contribution in [0.15, 0.2) is 24.5 Å². The lowest BCUT2D eigenvalue weighted by atomic mass is 10.2. The molecule has 76 valence electrons. The molecule has 15 heavy (non-hydrogen) atoms. The first-order valence-corrected chi connectivity index (χ1v) is 4.31. The molecule has 0 bridgehead atoms. The Labute approximate surface area is 85.4 Å². The van der Waals surface area contributed by atoms with E-state index in [1.165, 1.54) is 16.8 Å². The average Bonchev–Trinajstić information content (AvgIpc) is 2.61. The van der Waals surface area contributed by atoms with Crippen LogP contribution in [0.2, 0.25) is 0 Å². The molecule has 0 N–H and O–H groups in total. The molecule has 0 aliphatic carbocycles. The monoisotopic (exact) mass is 205 g/mol. The zero-order valence-electron chi connectivity index (χ0n) is 8.01. The molecule has 4 nitrogen and oxygen atoms in total. The molecular weight excluding hydrogens is 197 g/mol. The number of aromatic nitrogens is 3. The van der Waals surface area contributed by atoms with Crippen molar-refractivity contribution in [1.29, 1.82) is 0 Å². The van der Waals surface area contributed by atoms with E-state index in [-0.39, 0.29) is 0 Å². The Morgan fingerprint density at radius 1 is 1.47 bits per heavy atom. The Morgan fingerprint density at radius 3 is 2.87 bits per heavy atom. The summed E-state index contributed by atoms with van der Waals surface area (Å²) >= 11 is 0. The van der Waals surface area contributed by atoms with Gasteiger partial charge in [0.05, 0.1) is 17.5 Å². The first-order chi connectivity index (χ1) is 7.20. The molecule has 0 aliphatic rings. The molecule has 2 rings (SSSR count). The minimum atomic E-state index is -0.415. The van der Waals surface area contributed by atoms with E-state index in [0.717, 1.165) is 6.20 Å². The number of rotatable bonds is 2. The molecule has 0 saturated carbocycles. The maximum atomic E-state index is 12.6. The van der Waals surface area contributed by atoms with E-state index in [1.54, 1.807) is 13.2 Å². The standard InChI is InChI=1S/C10H8FN3O/c1-14-5-7(6-15)10(13-14)9-3-2-8(11)4-12-9/h2-6H,1H3. The highest BCUT2D eigenvalue weighted by Gasteiger charge is 2.10. The molecule has 0 saturated heterocycles. The van der Waals surface area contributed by atoms with E-state index in [2.05, 4.69) is 10.1 Å². The summed E-state index contributed by atoms with van der Waals surface area (Å²) in [6.45, 7) is 0. The van der Waals surface area contributed by atoms with Gasteiger partial charge in [-0.2, -0.15) is 5.10 Å². The second kappa shape index (κ2) is 3.61. The van der Waals surface area contributed by atoms with Gasteiger partial charge in [0.2, 0.25) is 0 Å². The van der Waals surface area contributed by atoms with Crippen LogP contribution in [-0.2, 0) is 7.05 Å². The topological polar surface area (TPSA) is 47.8 Å². The minimum Gasteiger partial charge on any atom is -0.298 e. The average molecular weight is 205 g/mol. The highest BCUT2D eigenvalue weighted by molar-refractivity contribution is 5.84. The lowest BCUT2D eigenvalue weighted by Crippen LogP contribution is -1.90. The van der Waals surface area contributed by atoms with Crippen molar-refractivity contribution in [3.63, 3.8) is 0 Å². The number of carbonyl (C=O) groups excluding carboxylic acids is 1. The number of pyridine rings is 1. The van der Waals surface area contributed by atoms with Crippen LogP contribution in [0, 0.1) is 5.82 Å². The van der Waals surface area contributed by atoms with E-state index in [1.807, 2.05) is 0 Å². The zero-order chi connectivity index (χ0) is 10.8. The summed E-state index contributed by atoms with van der Waals surface area (Å²) in [5.41, 5.74) is 1.39. The number of hydrogen-bond acceptors (Lipinski definition) is 3. The Balaban J connectivity index is 2.52. The summed E-state index contributed by atoms with van der Waals surface area (Å²) in [4.78, 5) is 14.6. The van der Waals surface area contributed by atoms with Gasteiger partial charge in [0, 0.05) is 13.2 Å². The maximum Gasteiger partial charge on any atom is 0.153 e. The van der Waals surface area contributed by atoms with E-state index in [0.29, 0.717) is 23.2 Å². The number of aldehydes is 1. The molecule has 0 aromatic carbocycles. The Bertz CT molecular complexity index is 490. The van der Waals surface area contributed by atoms with Crippen LogP contribution in [0.3, 0.4) is 0 Å². The van der Waals surface area contributed by atoms with Gasteiger partial charge in [-0.1, -0.05) is 0 Å². The normalized spacial score (nSPS) is 10.3. The fraction of sp³-hybridized carbons (Fsp3) is 0.100. The van der Waals surface area contributed by atoms with E-state index < -0.39 is 5.82 Å². The van der Waals surface area contributed by atoms with E-state index in [9.17, 15) is 9.18 Å². The molecule has 0 spiro atoms. The summed E-state index contributed by atoms with van der Waals surface area (Å²) in [7, 11) is 1.71. The number of aryl methyl sites for hydroxylation is 1. The molecular formula is C10H8FN3O. The second-order valence-electron chi connectivity index (χ2n) is 3.09. The molecule has 0 atom stereocenters. The van der Waals surface area contributed by atoms with Crippen molar-refractivity contribution in [1.82, 2.24) is 14.8 Å². The van der Waals surface area contributed by atoms with Crippen LogP contribution in [0.25, 0.3) is 11.4 Å². The molecule has 0 radical (unpaired) electrons. The summed E-state index contributed by atoms with van der Waals surface area (Å²) in [5, 5.41) is 4.08. The van der Waals surface area contributed by atoms with Gasteiger partial charge in [0.25, 0.3) is 0 Å². The predicted octanol–water partition coefficient (Wildman–Crippen LogP) is 1.43. The van der Waals surface area contributed by atoms with Crippen LogP contribution in [-0.4, -0.2) is 21.1 Å². The van der Waals surface area contributed by atoms with Gasteiger partial charge >= 0.3 is 0 Å². The lowest BCUT2D eigenvalue weighted by molar-refractivity contribution is 0.112. The highest BCUT2D eigenvalue weighted by Crippen LogP contribution is 2.17. The quantitative estimate of drug-likeness (QED) is 0.697. The van der Waals surface area contributed by atoms with Crippen molar-refractivity contribution in [2.45, 2.75) is 0 Å². The first-order valence-electron chi connectivity index (χ1n) is 4.31. The predicted molar refractivity (Wildman–Crippen MR) is 51.8 cm³/mol. The van der Waals surface area contributed by atoms with Crippen LogP contribution < -0.4 is 0 Å². The SMILES string of the molecule is Cn1cc(C=O)c(-c2ccc(F)cn2)n1. The fourth-order valence-corrected chi connectivity index (χ4v) is 1.31. The van der Waals surface area contributed by atoms with Gasteiger partial charge in [0.1, 0.15) is 11.5 Å². The zero-order valence-corrected chi connectivity index (χ0v) is 8.01. The fourth-order valence-electron chi connectivity index (χ4n) is 1.31. The van der Waals surface area contributed by atoms with E-state index in [4.69, 9.17) is 0 Å². The Morgan fingerprint density at radius 2 is 2.27 bits per heavy atom. The minimum absolute atomic E-state index is 0.415. The largest absolute Gasteiger partial charge is 0.298 e. The van der Waals surface area contributed by atoms with E-state index >= 15 is 0 Å². The van der Waals surface area contributed by atoms with Crippen molar-refractivity contribution in [3.8, 4) is 11.4 Å². The van der Waals surface area contributed by atoms with Crippen LogP contribution in [0.1, 0.15) is 10.4 Å². The molecule has 0 amide bonds. The molecule has 0 aliphatic heterocycles. The number of hydrogen-bond donors (Lipinski definition) is 0. The van der Waals surface area contributed by atoms with Gasteiger partial charge in [0.15, 0.2) is 6.29 Å². The van der Waals surface area contributed by atoms with Crippen molar-refractivity contribution in [2.24, 2.45) is 7.05 Å². The molecule has 2 aromatic heterocycles. The summed E-state index contributed by atoms with van der Waals surface area (Å²) in [5.74, 6) is -0.415. The smallest absolute Gasteiger partial charge is 0.153 e. The van der Waals surface area contributed by atoms with Gasteiger partial charge < -0.3 is 0 Å². The summed E-state index contributed by atoms with van der Waals surface area (Å²) in [6.07, 6.45) is 3.39. The number of carbonyl (C=O) groups is 1. The number of nitrogens with zero attached hydrogens (tertiary/aromatic N) is 3. The number of halogens is 1. The van der Waals surface area contributed by atoms with Gasteiger partial charge in [-0.05, 0) is 12.1 Å². The summed E-state index contributed by atoms with van der Waals surface area (Å²) in [6, 6.07) is 2.77. The highest BCUT2D eigenvalue weighted by atomic mass is 19.1. The molecule has 5 heteroatoms. The van der Waals surface area contributed by atoms with Crippen molar-refractivity contribution < 1.29 is 9.18 Å². The third-order valence-corrected chi connectivity index (χ3v) is 1.95. The van der Waals surface area contributed by atoms with Crippen LogP contribution in [0.4, 0.5) is 4.39 Å². The molecule has 2 aromatic rings. The Kier molecular flexibility index (Phi) is 2.29. The van der Waals surface area contributed by atoms with Gasteiger partial charge in [-0.3, -0.25) is 14.5 Å². The third-order valence-electron chi connectivity index (χ3n) is 1.95.